The molecule has 0 heterocycles. The summed E-state index contributed by atoms with van der Waals surface area (Å²) >= 11 is 0. The molecule has 0 aromatic heterocycles. The Morgan fingerprint density at radius 3 is 0.559 bits per heavy atom. The highest BCUT2D eigenvalue weighted by molar-refractivity contribution is 5.86. The highest BCUT2D eigenvalue weighted by Gasteiger charge is 2.59. The minimum absolute atomic E-state index is 0.0381. The van der Waals surface area contributed by atoms with Gasteiger partial charge in [-0.3, -0.25) is 33.6 Å². The molecule has 0 radical (unpaired) electrons. The van der Waals surface area contributed by atoms with Crippen molar-refractivity contribution in [3.05, 3.63) is 251 Å². The Labute approximate surface area is 548 Å². The van der Waals surface area contributed by atoms with E-state index < -0.39 is 92.5 Å². The summed E-state index contributed by atoms with van der Waals surface area (Å²) in [5.74, 6) is -5.12. The van der Waals surface area contributed by atoms with Crippen molar-refractivity contribution in [2.45, 2.75) is 154 Å². The molecule has 6 atom stereocenters. The molecule has 7 rings (SSSR count). The quantitative estimate of drug-likeness (QED) is 0.0274. The van der Waals surface area contributed by atoms with E-state index in [-0.39, 0.29) is 78.4 Å². The van der Waals surface area contributed by atoms with Crippen LogP contribution >= 0.6 is 0 Å². The smallest absolute Gasteiger partial charge is 0.312 e. The molecule has 0 bridgehead atoms. The Bertz CT molecular complexity index is 3550. The lowest BCUT2D eigenvalue weighted by Gasteiger charge is -2.46. The molecule has 14 heteroatoms. The van der Waals surface area contributed by atoms with Crippen LogP contribution in [0.2, 0.25) is 0 Å². The second-order valence-corrected chi connectivity index (χ2v) is 27.1. The first-order valence-electron chi connectivity index (χ1n) is 31.8. The van der Waals surface area contributed by atoms with Crippen LogP contribution in [-0.4, -0.2) is 41.8 Å². The second kappa shape index (κ2) is 32.4. The van der Waals surface area contributed by atoms with Crippen molar-refractivity contribution in [2.75, 3.05) is 0 Å². The average Bonchev–Trinajstić information content (AvgIpc) is 0.843. The maximum Gasteiger partial charge on any atom is 0.312 e. The molecule has 7 aromatic carbocycles. The number of ether oxygens (including phenoxy) is 7. The van der Waals surface area contributed by atoms with Gasteiger partial charge in [-0.05, 0) is 139 Å². The molecule has 0 N–H and O–H groups in total. The van der Waals surface area contributed by atoms with Crippen molar-refractivity contribution in [3.8, 4) is 0 Å². The summed E-state index contributed by atoms with van der Waals surface area (Å²) in [6.07, 6.45) is -1.84. The number of hydrogen-bond donors (Lipinski definition) is 0. The molecule has 6 unspecified atom stereocenters. The van der Waals surface area contributed by atoms with E-state index in [4.69, 9.17) is 33.2 Å². The Hall–Kier alpha value is -9.17. The van der Waals surface area contributed by atoms with Crippen LogP contribution in [0.25, 0.3) is 0 Å². The molecule has 490 valence electrons. The topological polar surface area (TPSA) is 184 Å². The number of hydrogen-bond acceptors (Lipinski definition) is 14. The molecule has 0 aliphatic rings. The van der Waals surface area contributed by atoms with Gasteiger partial charge in [0.2, 0.25) is 0 Å². The van der Waals surface area contributed by atoms with Crippen LogP contribution in [0, 0.1) is 37.9 Å². The fourth-order valence-electron chi connectivity index (χ4n) is 13.0. The Morgan fingerprint density at radius 1 is 0.226 bits per heavy atom. The van der Waals surface area contributed by atoms with Gasteiger partial charge in [0.25, 0.3) is 0 Å². The highest BCUT2D eigenvalue weighted by Crippen LogP contribution is 2.55. The fourth-order valence-corrected chi connectivity index (χ4v) is 13.0. The van der Waals surface area contributed by atoms with E-state index in [1.54, 1.807) is 116 Å². The number of carbonyl (C=O) groups excluding carboxylic acids is 7. The van der Waals surface area contributed by atoms with Gasteiger partial charge in [0, 0.05) is 0 Å². The van der Waals surface area contributed by atoms with Gasteiger partial charge >= 0.3 is 41.8 Å². The zero-order valence-corrected chi connectivity index (χ0v) is 55.3. The van der Waals surface area contributed by atoms with E-state index in [1.807, 2.05) is 159 Å². The zero-order valence-electron chi connectivity index (χ0n) is 55.3. The van der Waals surface area contributed by atoms with Crippen molar-refractivity contribution in [3.63, 3.8) is 0 Å². The molecular formula is C79H90O14. The van der Waals surface area contributed by atoms with Gasteiger partial charge in [0.05, 0.1) is 37.9 Å². The third kappa shape index (κ3) is 20.4. The van der Waals surface area contributed by atoms with Crippen LogP contribution < -0.4 is 0 Å². The van der Waals surface area contributed by atoms with Crippen LogP contribution in [0.3, 0.4) is 0 Å². The van der Waals surface area contributed by atoms with E-state index in [1.165, 1.54) is 0 Å². The molecule has 0 aliphatic carbocycles. The van der Waals surface area contributed by atoms with Crippen LogP contribution in [0.1, 0.15) is 146 Å². The lowest BCUT2D eigenvalue weighted by Crippen LogP contribution is -2.50. The SMILES string of the molecule is CCC(C)(CC(C)(CC(C)(CC(C)(CC(C)(CC(C)(CC(C)(C)C(=O)OCc1ccccc1)C(=O)OCc1ccccc1)C(=O)OCc1ccccc1)C(=O)OCc1ccccc1)C(=O)OCc1ccccc1)C(=O)OCc1ccccc1)C(=O)OCc1ccccc1. The maximum atomic E-state index is 15.9. The predicted octanol–water partition coefficient (Wildman–Crippen LogP) is 16.0. The Balaban J connectivity index is 1.38. The highest BCUT2D eigenvalue weighted by atomic mass is 16.6. The average molecular weight is 1260 g/mol. The summed E-state index contributed by atoms with van der Waals surface area (Å²) in [6, 6.07) is 63.7. The number of benzene rings is 7. The van der Waals surface area contributed by atoms with E-state index >= 15 is 24.0 Å². The first-order chi connectivity index (χ1) is 44.3. The molecule has 0 aliphatic heterocycles. The minimum Gasteiger partial charge on any atom is -0.460 e. The number of rotatable bonds is 34. The van der Waals surface area contributed by atoms with Gasteiger partial charge < -0.3 is 33.2 Å². The second-order valence-electron chi connectivity index (χ2n) is 27.1. The van der Waals surface area contributed by atoms with Crippen molar-refractivity contribution in [1.29, 1.82) is 0 Å². The van der Waals surface area contributed by atoms with E-state index in [9.17, 15) is 9.59 Å². The summed E-state index contributed by atoms with van der Waals surface area (Å²) in [5.41, 5.74) is -7.05. The van der Waals surface area contributed by atoms with Crippen LogP contribution in [-0.2, 0) is 113 Å². The molecule has 14 nitrogen and oxygen atoms in total. The van der Waals surface area contributed by atoms with Crippen molar-refractivity contribution < 1.29 is 66.7 Å². The van der Waals surface area contributed by atoms with Crippen molar-refractivity contribution in [2.24, 2.45) is 37.9 Å². The van der Waals surface area contributed by atoms with Gasteiger partial charge in [-0.15, -0.1) is 0 Å². The summed E-state index contributed by atoms with van der Waals surface area (Å²) < 4.78 is 43.4. The van der Waals surface area contributed by atoms with Gasteiger partial charge in [0.1, 0.15) is 46.2 Å². The lowest BCUT2D eigenvalue weighted by atomic mass is 9.57. The standard InChI is InChI=1S/C79H90O14/c1-10-74(4,67(81)88-47-60-34-20-12-21-35-60)54-76(6,69(83)90-49-62-38-24-14-25-39-62)56-78(8,71(85)92-51-64-42-28-16-29-43-64)58-79(9,72(86)93-52-65-44-30-17-31-45-65)57-77(7,70(84)91-50-63-40-26-15-27-41-63)55-75(5,68(82)89-48-61-36-22-13-23-37-61)53-73(2,3)66(80)87-46-59-32-18-11-19-33-59/h11-45H,10,46-58H2,1-9H3. The van der Waals surface area contributed by atoms with E-state index in [0.29, 0.717) is 27.8 Å². The van der Waals surface area contributed by atoms with Crippen LogP contribution in [0.15, 0.2) is 212 Å². The lowest BCUT2D eigenvalue weighted by molar-refractivity contribution is -0.177. The van der Waals surface area contributed by atoms with Crippen molar-refractivity contribution in [1.82, 2.24) is 0 Å². The fraction of sp³-hybridized carbons (Fsp3) is 0.380. The van der Waals surface area contributed by atoms with Gasteiger partial charge in [-0.2, -0.15) is 0 Å². The zero-order chi connectivity index (χ0) is 67.2. The number of carbonyl (C=O) groups is 7. The van der Waals surface area contributed by atoms with Gasteiger partial charge in [-0.1, -0.05) is 219 Å². The van der Waals surface area contributed by atoms with Crippen LogP contribution in [0.5, 0.6) is 0 Å². The van der Waals surface area contributed by atoms with E-state index in [0.717, 1.165) is 11.1 Å². The molecular weight excluding hydrogens is 1170 g/mol. The largest absolute Gasteiger partial charge is 0.460 e. The number of esters is 7. The normalized spacial score (nSPS) is 15.3. The summed E-state index contributed by atoms with van der Waals surface area (Å²) in [4.78, 5) is 107. The predicted molar refractivity (Wildman–Crippen MR) is 354 cm³/mol. The molecule has 0 saturated carbocycles. The van der Waals surface area contributed by atoms with E-state index in [2.05, 4.69) is 0 Å². The molecule has 0 amide bonds. The first-order valence-corrected chi connectivity index (χ1v) is 31.8. The first kappa shape index (κ1) is 71.3. The molecule has 0 fully saturated rings. The summed E-state index contributed by atoms with van der Waals surface area (Å²) in [7, 11) is 0. The molecule has 7 aromatic rings. The van der Waals surface area contributed by atoms with Crippen molar-refractivity contribution >= 4 is 41.8 Å². The third-order valence-corrected chi connectivity index (χ3v) is 17.5. The summed E-state index contributed by atoms with van der Waals surface area (Å²) in [5, 5.41) is 0. The molecule has 93 heavy (non-hydrogen) atoms. The Morgan fingerprint density at radius 2 is 0.376 bits per heavy atom. The Kier molecular flexibility index (Phi) is 24.8. The van der Waals surface area contributed by atoms with Crippen LogP contribution in [0.4, 0.5) is 0 Å². The minimum atomic E-state index is -1.92. The molecule has 0 spiro atoms. The van der Waals surface area contributed by atoms with Gasteiger partial charge in [-0.25, -0.2) is 0 Å². The maximum absolute atomic E-state index is 15.9. The third-order valence-electron chi connectivity index (χ3n) is 17.5. The van der Waals surface area contributed by atoms with Gasteiger partial charge in [0.15, 0.2) is 0 Å². The monoisotopic (exact) mass is 1260 g/mol. The summed E-state index contributed by atoms with van der Waals surface area (Å²) in [6.45, 7) is 14.0. The molecule has 0 saturated heterocycles.